The molecule has 0 fully saturated rings. The quantitative estimate of drug-likeness (QED) is 0.127. The summed E-state index contributed by atoms with van der Waals surface area (Å²) in [5, 5.41) is 9.68. The number of fused-ring (bicyclic) bond motifs is 8. The van der Waals surface area contributed by atoms with Crippen molar-refractivity contribution in [2.45, 2.75) is 0 Å². The molecule has 0 amide bonds. The average Bonchev–Trinajstić information content (AvgIpc) is 4.08. The molecule has 15 aromatic rings. The Morgan fingerprint density at radius 2 is 0.487 bits per heavy atom. The Hall–Kier alpha value is -10.4. The Morgan fingerprint density at radius 3 is 0.872 bits per heavy atom. The predicted molar refractivity (Wildman–Crippen MR) is 330 cm³/mol. The van der Waals surface area contributed by atoms with E-state index in [0.717, 1.165) is 56.6 Å². The van der Waals surface area contributed by atoms with Crippen LogP contribution < -0.4 is 9.80 Å². The van der Waals surface area contributed by atoms with Gasteiger partial charge in [-0.1, -0.05) is 182 Å². The molecule has 0 radical (unpaired) electrons. The van der Waals surface area contributed by atoms with Crippen LogP contribution in [0.3, 0.4) is 0 Å². The van der Waals surface area contributed by atoms with Gasteiger partial charge in [-0.2, -0.15) is 0 Å². The summed E-state index contributed by atoms with van der Waals surface area (Å²) >= 11 is 0. The molecule has 15 rings (SSSR count). The highest BCUT2D eigenvalue weighted by molar-refractivity contribution is 6.22. The van der Waals surface area contributed by atoms with Gasteiger partial charge in [0.15, 0.2) is 0 Å². The molecule has 4 heteroatoms. The van der Waals surface area contributed by atoms with E-state index in [2.05, 4.69) is 322 Å². The van der Waals surface area contributed by atoms with Crippen molar-refractivity contribution >= 4 is 99.3 Å². The molecule has 13 aromatic carbocycles. The molecule has 0 aliphatic carbocycles. The summed E-state index contributed by atoms with van der Waals surface area (Å²) in [4.78, 5) is 4.80. The van der Waals surface area contributed by atoms with Gasteiger partial charge in [0.2, 0.25) is 0 Å². The zero-order valence-electron chi connectivity index (χ0n) is 42.7. The third kappa shape index (κ3) is 7.45. The predicted octanol–water partition coefficient (Wildman–Crippen LogP) is 20.5. The molecule has 0 unspecified atom stereocenters. The van der Waals surface area contributed by atoms with Crippen molar-refractivity contribution < 1.29 is 0 Å². The van der Waals surface area contributed by atoms with E-state index in [1.165, 1.54) is 76.3 Å². The molecular formula is C74H50N4. The molecule has 0 N–H and O–H groups in total. The lowest BCUT2D eigenvalue weighted by atomic mass is 9.85. The lowest BCUT2D eigenvalue weighted by Gasteiger charge is -2.27. The van der Waals surface area contributed by atoms with Crippen LogP contribution in [0.5, 0.6) is 0 Å². The molecule has 0 aliphatic rings. The molecule has 366 valence electrons. The fourth-order valence-corrected chi connectivity index (χ4v) is 12.3. The first-order valence-electron chi connectivity index (χ1n) is 26.8. The highest BCUT2D eigenvalue weighted by Crippen LogP contribution is 2.48. The molecule has 0 saturated carbocycles. The van der Waals surface area contributed by atoms with Crippen molar-refractivity contribution in [3.8, 4) is 33.6 Å². The first-order valence-corrected chi connectivity index (χ1v) is 26.8. The summed E-state index contributed by atoms with van der Waals surface area (Å²) in [6.07, 6.45) is 0. The second-order valence-electron chi connectivity index (χ2n) is 20.1. The Labute approximate surface area is 452 Å². The van der Waals surface area contributed by atoms with Crippen LogP contribution in [0.2, 0.25) is 0 Å². The largest absolute Gasteiger partial charge is 0.310 e. The van der Waals surface area contributed by atoms with Crippen molar-refractivity contribution in [2.75, 3.05) is 9.80 Å². The molecule has 0 spiro atoms. The van der Waals surface area contributed by atoms with Crippen molar-refractivity contribution in [3.05, 3.63) is 303 Å². The minimum absolute atomic E-state index is 1.08. The smallest absolute Gasteiger partial charge is 0.0542 e. The number of aromatic nitrogens is 2. The van der Waals surface area contributed by atoms with Crippen LogP contribution in [0.15, 0.2) is 303 Å². The summed E-state index contributed by atoms with van der Waals surface area (Å²) in [5.74, 6) is 0. The van der Waals surface area contributed by atoms with Crippen LogP contribution in [-0.2, 0) is 0 Å². The van der Waals surface area contributed by atoms with Crippen LogP contribution in [0.1, 0.15) is 0 Å². The van der Waals surface area contributed by atoms with E-state index < -0.39 is 0 Å². The molecule has 0 bridgehead atoms. The van der Waals surface area contributed by atoms with Gasteiger partial charge >= 0.3 is 0 Å². The summed E-state index contributed by atoms with van der Waals surface area (Å²) < 4.78 is 4.76. The fourth-order valence-electron chi connectivity index (χ4n) is 12.3. The van der Waals surface area contributed by atoms with Gasteiger partial charge in [-0.05, 0) is 165 Å². The Bertz CT molecular complexity index is 4370. The SMILES string of the molecule is c1ccc(N(c2cccc(-c3c4ccccc4c(-c4cccc(N(c5ccccc5)c5ccc6c(c5)c5ccccc5n6-c5ccccc5)c4)c4ccccc34)c2)c2ccc3c(c2)c2ccccc2n3-c2ccccc2)cc1. The first kappa shape index (κ1) is 45.0. The van der Waals surface area contributed by atoms with E-state index >= 15 is 0 Å². The Kier molecular flexibility index (Phi) is 10.8. The molecule has 2 aromatic heterocycles. The van der Waals surface area contributed by atoms with Crippen LogP contribution in [0, 0.1) is 0 Å². The third-order valence-electron chi connectivity index (χ3n) is 15.6. The van der Waals surface area contributed by atoms with E-state index in [1.54, 1.807) is 0 Å². The zero-order chi connectivity index (χ0) is 51.5. The van der Waals surface area contributed by atoms with Crippen molar-refractivity contribution in [2.24, 2.45) is 0 Å². The molecule has 0 saturated heterocycles. The lowest BCUT2D eigenvalue weighted by Crippen LogP contribution is -2.10. The molecular weight excluding hydrogens is 945 g/mol. The molecule has 0 atom stereocenters. The summed E-state index contributed by atoms with van der Waals surface area (Å²) in [5.41, 5.74) is 18.3. The van der Waals surface area contributed by atoms with Crippen LogP contribution in [0.4, 0.5) is 34.1 Å². The Balaban J connectivity index is 0.878. The van der Waals surface area contributed by atoms with E-state index in [1.807, 2.05) is 0 Å². The van der Waals surface area contributed by atoms with Crippen LogP contribution in [-0.4, -0.2) is 9.13 Å². The molecule has 2 heterocycles. The second-order valence-corrected chi connectivity index (χ2v) is 20.1. The van der Waals surface area contributed by atoms with Crippen molar-refractivity contribution in [1.29, 1.82) is 0 Å². The number of benzene rings is 13. The number of anilines is 6. The van der Waals surface area contributed by atoms with Gasteiger partial charge in [-0.3, -0.25) is 0 Å². The highest BCUT2D eigenvalue weighted by atomic mass is 15.1. The summed E-state index contributed by atoms with van der Waals surface area (Å²) in [6.45, 7) is 0. The van der Waals surface area contributed by atoms with Gasteiger partial charge < -0.3 is 18.9 Å². The maximum absolute atomic E-state index is 2.40. The first-order chi connectivity index (χ1) is 38.7. The highest BCUT2D eigenvalue weighted by Gasteiger charge is 2.23. The average molecular weight is 995 g/mol. The standard InChI is InChI=1S/C74H50N4/c1-5-25-53(26-6-1)75(59-43-45-71-67(49-59)61-35-17-19-41-69(61)77(71)55-29-9-3-10-30-55)57-33-21-23-51(47-57)73-63-37-13-15-39-65(63)74(66-40-16-14-38-64(66)73)52-24-22-34-58(48-52)76(54-27-7-2-8-28-54)60-44-46-72-68(50-60)62-36-18-20-42-70(62)78(72)56-31-11-4-12-32-56/h1-50H. The normalized spacial score (nSPS) is 11.6. The fraction of sp³-hybridized carbons (Fsp3) is 0. The van der Waals surface area contributed by atoms with Gasteiger partial charge in [0, 0.05) is 67.0 Å². The topological polar surface area (TPSA) is 16.3 Å². The summed E-state index contributed by atoms with van der Waals surface area (Å²) in [7, 11) is 0. The number of hydrogen-bond acceptors (Lipinski definition) is 2. The van der Waals surface area contributed by atoms with Gasteiger partial charge in [-0.25, -0.2) is 0 Å². The summed E-state index contributed by atoms with van der Waals surface area (Å²) in [6, 6.07) is 110. The van der Waals surface area contributed by atoms with Gasteiger partial charge in [0.25, 0.3) is 0 Å². The monoisotopic (exact) mass is 994 g/mol. The van der Waals surface area contributed by atoms with Crippen LogP contribution >= 0.6 is 0 Å². The lowest BCUT2D eigenvalue weighted by molar-refractivity contribution is 1.18. The maximum atomic E-state index is 2.40. The number of nitrogens with zero attached hydrogens (tertiary/aromatic N) is 4. The third-order valence-corrected chi connectivity index (χ3v) is 15.6. The van der Waals surface area contributed by atoms with E-state index in [0.29, 0.717) is 0 Å². The molecule has 4 nitrogen and oxygen atoms in total. The zero-order valence-corrected chi connectivity index (χ0v) is 42.7. The Morgan fingerprint density at radius 1 is 0.192 bits per heavy atom. The second kappa shape index (κ2) is 18.7. The van der Waals surface area contributed by atoms with Gasteiger partial charge in [-0.15, -0.1) is 0 Å². The van der Waals surface area contributed by atoms with E-state index in [4.69, 9.17) is 0 Å². The number of rotatable bonds is 10. The number of hydrogen-bond donors (Lipinski definition) is 0. The maximum Gasteiger partial charge on any atom is 0.0542 e. The van der Waals surface area contributed by atoms with Gasteiger partial charge in [0.1, 0.15) is 0 Å². The number of para-hydroxylation sites is 6. The van der Waals surface area contributed by atoms with E-state index in [-0.39, 0.29) is 0 Å². The van der Waals surface area contributed by atoms with Gasteiger partial charge in [0.05, 0.1) is 22.1 Å². The van der Waals surface area contributed by atoms with Crippen molar-refractivity contribution in [1.82, 2.24) is 9.13 Å². The minimum Gasteiger partial charge on any atom is -0.310 e. The van der Waals surface area contributed by atoms with E-state index in [9.17, 15) is 0 Å². The van der Waals surface area contributed by atoms with Crippen LogP contribution in [0.25, 0.3) is 98.8 Å². The minimum atomic E-state index is 1.08. The van der Waals surface area contributed by atoms with Crippen molar-refractivity contribution in [3.63, 3.8) is 0 Å². The molecule has 0 aliphatic heterocycles. The molecule has 78 heavy (non-hydrogen) atoms.